The van der Waals surface area contributed by atoms with Crippen LogP contribution in [-0.4, -0.2) is 6.04 Å². The molecule has 1 aromatic heterocycles. The summed E-state index contributed by atoms with van der Waals surface area (Å²) in [5.41, 5.74) is 20.7. The van der Waals surface area contributed by atoms with Crippen molar-refractivity contribution in [3.63, 3.8) is 0 Å². The Morgan fingerprint density at radius 2 is 1.10 bits per heavy atom. The van der Waals surface area contributed by atoms with Crippen molar-refractivity contribution in [3.8, 4) is 33.4 Å². The highest BCUT2D eigenvalue weighted by Crippen LogP contribution is 2.63. The van der Waals surface area contributed by atoms with Crippen LogP contribution in [0.2, 0.25) is 0 Å². The summed E-state index contributed by atoms with van der Waals surface area (Å²) in [5, 5.41) is 2.52. The maximum absolute atomic E-state index is 6.24. The molecule has 8 aromatic rings. The molecule has 0 radical (unpaired) electrons. The lowest BCUT2D eigenvalue weighted by molar-refractivity contribution is 0.668. The first-order chi connectivity index (χ1) is 23.8. The van der Waals surface area contributed by atoms with E-state index in [0.717, 1.165) is 24.0 Å². The van der Waals surface area contributed by atoms with Gasteiger partial charge in [0.25, 0.3) is 0 Å². The number of hydrogen-bond donors (Lipinski definition) is 0. The first kappa shape index (κ1) is 25.3. The third-order valence-corrected chi connectivity index (χ3v) is 11.8. The van der Waals surface area contributed by atoms with Crippen molar-refractivity contribution < 1.29 is 4.42 Å². The lowest BCUT2D eigenvalue weighted by Crippen LogP contribution is -2.25. The molecule has 1 unspecified atom stereocenters. The zero-order chi connectivity index (χ0) is 31.1. The zero-order valence-corrected chi connectivity index (χ0v) is 26.2. The lowest BCUT2D eigenvalue weighted by Gasteiger charge is -2.30. The van der Waals surface area contributed by atoms with Crippen molar-refractivity contribution in [2.24, 2.45) is 0 Å². The van der Waals surface area contributed by atoms with Gasteiger partial charge in [0.2, 0.25) is 0 Å². The van der Waals surface area contributed by atoms with Gasteiger partial charge in [-0.15, -0.1) is 0 Å². The fourth-order valence-electron chi connectivity index (χ4n) is 10.0. The van der Waals surface area contributed by atoms with Gasteiger partial charge in [-0.25, -0.2) is 0 Å². The molecule has 2 aliphatic carbocycles. The smallest absolute Gasteiger partial charge is 0.135 e. The third kappa shape index (κ3) is 2.92. The van der Waals surface area contributed by atoms with Gasteiger partial charge in [0.1, 0.15) is 11.2 Å². The summed E-state index contributed by atoms with van der Waals surface area (Å²) in [5.74, 6) is 0. The van der Waals surface area contributed by atoms with Crippen molar-refractivity contribution >= 4 is 33.3 Å². The molecule has 12 rings (SSSR count). The number of hydrogen-bond acceptors (Lipinski definition) is 2. The highest BCUT2D eigenvalue weighted by atomic mass is 16.3. The fraction of sp³-hybridized carbons (Fsp3) is 0.0870. The van der Waals surface area contributed by atoms with E-state index in [1.165, 1.54) is 88.9 Å². The molecule has 2 heteroatoms. The van der Waals surface area contributed by atoms with Crippen molar-refractivity contribution in [3.05, 3.63) is 179 Å². The SMILES string of the molecule is c1ccc2c(c1)-c1ccccc1C21c2ccccc2-c2ccc(-c3ccc4c(c3)CC3Cc5c(ccc6oc7ccccc7c56)N43)cc21. The molecule has 4 aliphatic rings. The van der Waals surface area contributed by atoms with E-state index in [4.69, 9.17) is 4.42 Å². The van der Waals surface area contributed by atoms with E-state index < -0.39 is 0 Å². The second-order valence-corrected chi connectivity index (χ2v) is 14.0. The van der Waals surface area contributed by atoms with Gasteiger partial charge < -0.3 is 9.32 Å². The van der Waals surface area contributed by atoms with Gasteiger partial charge in [0.05, 0.1) is 5.41 Å². The topological polar surface area (TPSA) is 16.4 Å². The van der Waals surface area contributed by atoms with E-state index in [-0.39, 0.29) is 5.41 Å². The summed E-state index contributed by atoms with van der Waals surface area (Å²) < 4.78 is 6.24. The molecule has 2 aliphatic heterocycles. The normalized spacial score (nSPS) is 16.9. The minimum Gasteiger partial charge on any atom is -0.456 e. The van der Waals surface area contributed by atoms with Crippen LogP contribution >= 0.6 is 0 Å². The number of para-hydroxylation sites is 1. The first-order valence-electron chi connectivity index (χ1n) is 17.1. The average molecular weight is 612 g/mol. The van der Waals surface area contributed by atoms with Crippen LogP contribution in [-0.2, 0) is 18.3 Å². The number of anilines is 2. The molecular formula is C46H29NO. The molecule has 1 atom stereocenters. The van der Waals surface area contributed by atoms with Gasteiger partial charge in [-0.3, -0.25) is 0 Å². The number of nitrogens with zero attached hydrogens (tertiary/aromatic N) is 1. The molecule has 48 heavy (non-hydrogen) atoms. The highest BCUT2D eigenvalue weighted by Gasteiger charge is 2.51. The monoisotopic (exact) mass is 611 g/mol. The van der Waals surface area contributed by atoms with Crippen LogP contribution in [0.5, 0.6) is 0 Å². The number of furan rings is 1. The van der Waals surface area contributed by atoms with Crippen molar-refractivity contribution in [1.29, 1.82) is 0 Å². The fourth-order valence-corrected chi connectivity index (χ4v) is 10.0. The molecule has 7 aromatic carbocycles. The Bertz CT molecular complexity index is 2650. The van der Waals surface area contributed by atoms with Crippen LogP contribution in [0.3, 0.4) is 0 Å². The van der Waals surface area contributed by atoms with Crippen molar-refractivity contribution in [2.45, 2.75) is 24.3 Å². The Balaban J connectivity index is 1.01. The van der Waals surface area contributed by atoms with E-state index in [2.05, 4.69) is 150 Å². The van der Waals surface area contributed by atoms with E-state index >= 15 is 0 Å². The summed E-state index contributed by atoms with van der Waals surface area (Å²) in [7, 11) is 0. The summed E-state index contributed by atoms with van der Waals surface area (Å²) >= 11 is 0. The Kier molecular flexibility index (Phi) is 4.59. The quantitative estimate of drug-likeness (QED) is 0.184. The maximum Gasteiger partial charge on any atom is 0.135 e. The predicted molar refractivity (Wildman–Crippen MR) is 195 cm³/mol. The van der Waals surface area contributed by atoms with Gasteiger partial charge in [-0.05, 0) is 116 Å². The second kappa shape index (κ2) is 8.73. The minimum absolute atomic E-state index is 0.319. The Labute approximate surface area is 278 Å². The van der Waals surface area contributed by atoms with Crippen LogP contribution in [0.15, 0.2) is 150 Å². The van der Waals surface area contributed by atoms with Gasteiger partial charge >= 0.3 is 0 Å². The molecule has 0 saturated carbocycles. The van der Waals surface area contributed by atoms with E-state index in [9.17, 15) is 0 Å². The van der Waals surface area contributed by atoms with Gasteiger partial charge in [-0.1, -0.05) is 109 Å². The van der Waals surface area contributed by atoms with Crippen molar-refractivity contribution in [1.82, 2.24) is 0 Å². The van der Waals surface area contributed by atoms with Crippen LogP contribution in [0.1, 0.15) is 33.4 Å². The van der Waals surface area contributed by atoms with Crippen LogP contribution in [0, 0.1) is 0 Å². The average Bonchev–Trinajstić information content (AvgIpc) is 3.92. The Hall–Kier alpha value is -5.86. The first-order valence-corrected chi connectivity index (χ1v) is 17.1. The number of benzene rings is 7. The molecule has 3 heterocycles. The summed E-state index contributed by atoms with van der Waals surface area (Å²) in [4.78, 5) is 2.59. The van der Waals surface area contributed by atoms with Gasteiger partial charge in [0.15, 0.2) is 0 Å². The lowest BCUT2D eigenvalue weighted by atomic mass is 9.70. The summed E-state index contributed by atoms with van der Waals surface area (Å²) in [6, 6.07) is 54.9. The Morgan fingerprint density at radius 1 is 0.500 bits per heavy atom. The molecule has 0 bridgehead atoms. The molecule has 0 saturated heterocycles. The van der Waals surface area contributed by atoms with E-state index in [1.54, 1.807) is 0 Å². The predicted octanol–water partition coefficient (Wildman–Crippen LogP) is 11.2. The third-order valence-electron chi connectivity index (χ3n) is 11.8. The van der Waals surface area contributed by atoms with Crippen LogP contribution in [0.4, 0.5) is 11.4 Å². The van der Waals surface area contributed by atoms with Crippen LogP contribution in [0.25, 0.3) is 55.3 Å². The molecule has 1 spiro atoms. The van der Waals surface area contributed by atoms with Crippen molar-refractivity contribution in [2.75, 3.05) is 4.90 Å². The number of rotatable bonds is 1. The standard InChI is InChI=1S/C46H29NO/c1-5-13-37-31(9-1)32-10-2-6-14-38(32)46(37)39-15-7-3-11-33(39)34-19-17-28(25-40(34)46)27-18-20-41-29(23-27)24-30-26-36-42(47(30)41)21-22-44-45(36)35-12-4-8-16-43(35)48-44/h1-23,25,30H,24,26H2. The molecular weight excluding hydrogens is 583 g/mol. The minimum atomic E-state index is -0.319. The highest BCUT2D eigenvalue weighted by molar-refractivity contribution is 6.09. The van der Waals surface area contributed by atoms with Crippen LogP contribution < -0.4 is 4.90 Å². The zero-order valence-electron chi connectivity index (χ0n) is 26.2. The maximum atomic E-state index is 6.24. The molecule has 0 N–H and O–H groups in total. The molecule has 224 valence electrons. The van der Waals surface area contributed by atoms with Gasteiger partial charge in [0, 0.05) is 28.2 Å². The van der Waals surface area contributed by atoms with E-state index in [1.807, 2.05) is 0 Å². The largest absolute Gasteiger partial charge is 0.456 e. The Morgan fingerprint density at radius 3 is 1.85 bits per heavy atom. The summed E-state index contributed by atoms with van der Waals surface area (Å²) in [6.45, 7) is 0. The molecule has 0 fully saturated rings. The molecule has 0 amide bonds. The molecule has 2 nitrogen and oxygen atoms in total. The summed E-state index contributed by atoms with van der Waals surface area (Å²) in [6.07, 6.45) is 2.09. The van der Waals surface area contributed by atoms with Gasteiger partial charge in [-0.2, -0.15) is 0 Å². The second-order valence-electron chi connectivity index (χ2n) is 14.0. The number of fused-ring (bicyclic) bond motifs is 19. The van der Waals surface area contributed by atoms with E-state index in [0.29, 0.717) is 6.04 Å².